The number of rotatable bonds is 5. The summed E-state index contributed by atoms with van der Waals surface area (Å²) in [6.07, 6.45) is 1.58. The molecular formula is C13H22N4O. The summed E-state index contributed by atoms with van der Waals surface area (Å²) in [6, 6.07) is 3.54. The lowest BCUT2D eigenvalue weighted by atomic mass is 10.1. The van der Waals surface area contributed by atoms with Crippen LogP contribution in [0.15, 0.2) is 18.3 Å². The standard InChI is InChI=1S/C13H22N4O/c1-9(2)8-17(10(3)4)13(18)11-5-6-15-12(7-11)16-14/h5-7,9-10H,8,14H2,1-4H3,(H,15,16). The van der Waals surface area contributed by atoms with E-state index in [2.05, 4.69) is 24.3 Å². The number of amides is 1. The molecule has 0 saturated heterocycles. The highest BCUT2D eigenvalue weighted by atomic mass is 16.2. The lowest BCUT2D eigenvalue weighted by Gasteiger charge is -2.28. The predicted octanol–water partition coefficient (Wildman–Crippen LogP) is 1.87. The normalized spacial score (nSPS) is 10.8. The average molecular weight is 250 g/mol. The summed E-state index contributed by atoms with van der Waals surface area (Å²) in [6.45, 7) is 8.97. The van der Waals surface area contributed by atoms with Gasteiger partial charge in [-0.05, 0) is 31.9 Å². The molecule has 18 heavy (non-hydrogen) atoms. The van der Waals surface area contributed by atoms with Crippen LogP contribution < -0.4 is 11.3 Å². The topological polar surface area (TPSA) is 71.2 Å². The van der Waals surface area contributed by atoms with Gasteiger partial charge in [-0.1, -0.05) is 13.8 Å². The Kier molecular flexibility index (Phi) is 5.09. The van der Waals surface area contributed by atoms with Crippen LogP contribution in [0.25, 0.3) is 0 Å². The second-order valence-electron chi connectivity index (χ2n) is 5.02. The van der Waals surface area contributed by atoms with Crippen LogP contribution >= 0.6 is 0 Å². The van der Waals surface area contributed by atoms with Gasteiger partial charge in [-0.25, -0.2) is 10.8 Å². The molecule has 1 rings (SSSR count). The van der Waals surface area contributed by atoms with Gasteiger partial charge < -0.3 is 10.3 Å². The molecule has 5 nitrogen and oxygen atoms in total. The van der Waals surface area contributed by atoms with E-state index in [1.165, 1.54) is 0 Å². The Morgan fingerprint density at radius 1 is 1.44 bits per heavy atom. The van der Waals surface area contributed by atoms with Crippen molar-refractivity contribution in [2.24, 2.45) is 11.8 Å². The summed E-state index contributed by atoms with van der Waals surface area (Å²) in [5.74, 6) is 6.24. The van der Waals surface area contributed by atoms with Gasteiger partial charge in [-0.15, -0.1) is 0 Å². The Hall–Kier alpha value is -1.62. The van der Waals surface area contributed by atoms with Crippen LogP contribution in [0.1, 0.15) is 38.1 Å². The molecule has 0 bridgehead atoms. The minimum absolute atomic E-state index is 0.0117. The van der Waals surface area contributed by atoms with E-state index in [9.17, 15) is 4.79 Å². The second-order valence-corrected chi connectivity index (χ2v) is 5.02. The first-order chi connectivity index (χ1) is 8.45. The highest BCUT2D eigenvalue weighted by Crippen LogP contribution is 2.13. The van der Waals surface area contributed by atoms with Gasteiger partial charge in [0.05, 0.1) is 0 Å². The number of nitrogens with zero attached hydrogens (tertiary/aromatic N) is 2. The van der Waals surface area contributed by atoms with Gasteiger partial charge in [-0.3, -0.25) is 4.79 Å². The molecule has 0 aromatic carbocycles. The molecule has 0 aliphatic carbocycles. The maximum Gasteiger partial charge on any atom is 0.254 e. The van der Waals surface area contributed by atoms with Crippen LogP contribution in [-0.2, 0) is 0 Å². The summed E-state index contributed by atoms with van der Waals surface area (Å²) in [5.41, 5.74) is 3.05. The lowest BCUT2D eigenvalue weighted by molar-refractivity contribution is 0.0682. The molecule has 0 radical (unpaired) electrons. The van der Waals surface area contributed by atoms with Crippen molar-refractivity contribution in [1.29, 1.82) is 0 Å². The summed E-state index contributed by atoms with van der Waals surface area (Å²) in [5, 5.41) is 0. The molecule has 1 amide bonds. The zero-order chi connectivity index (χ0) is 13.7. The molecule has 0 spiro atoms. The minimum Gasteiger partial charge on any atom is -0.336 e. The monoisotopic (exact) mass is 250 g/mol. The Morgan fingerprint density at radius 2 is 2.11 bits per heavy atom. The smallest absolute Gasteiger partial charge is 0.254 e. The highest BCUT2D eigenvalue weighted by molar-refractivity contribution is 5.95. The minimum atomic E-state index is 0.0117. The molecule has 0 aliphatic heterocycles. The fourth-order valence-electron chi connectivity index (χ4n) is 1.73. The van der Waals surface area contributed by atoms with Crippen LogP contribution in [0.2, 0.25) is 0 Å². The zero-order valence-electron chi connectivity index (χ0n) is 11.5. The second kappa shape index (κ2) is 6.35. The van der Waals surface area contributed by atoms with Crippen LogP contribution in [-0.4, -0.2) is 28.4 Å². The number of nitrogens with two attached hydrogens (primary N) is 1. The first-order valence-electron chi connectivity index (χ1n) is 6.19. The van der Waals surface area contributed by atoms with Gasteiger partial charge >= 0.3 is 0 Å². The Balaban J connectivity index is 2.94. The third-order valence-corrected chi connectivity index (χ3v) is 2.60. The van der Waals surface area contributed by atoms with Gasteiger partial charge in [0.25, 0.3) is 5.91 Å². The van der Waals surface area contributed by atoms with E-state index in [1.54, 1.807) is 18.3 Å². The van der Waals surface area contributed by atoms with Crippen LogP contribution in [0.3, 0.4) is 0 Å². The number of carbonyl (C=O) groups excluding carboxylic acids is 1. The number of nitrogens with one attached hydrogen (secondary N) is 1. The number of hydrogen-bond acceptors (Lipinski definition) is 4. The molecule has 0 unspecified atom stereocenters. The quantitative estimate of drug-likeness (QED) is 0.618. The van der Waals surface area contributed by atoms with Crippen molar-refractivity contribution in [3.63, 3.8) is 0 Å². The Bertz CT molecular complexity index is 404. The molecular weight excluding hydrogens is 228 g/mol. The summed E-state index contributed by atoms with van der Waals surface area (Å²) in [7, 11) is 0. The number of aromatic nitrogens is 1. The third kappa shape index (κ3) is 3.70. The highest BCUT2D eigenvalue weighted by Gasteiger charge is 2.19. The molecule has 0 fully saturated rings. The molecule has 0 atom stereocenters. The first kappa shape index (κ1) is 14.4. The van der Waals surface area contributed by atoms with Crippen LogP contribution in [0.4, 0.5) is 5.82 Å². The molecule has 0 saturated carbocycles. The third-order valence-electron chi connectivity index (χ3n) is 2.60. The van der Waals surface area contributed by atoms with Gasteiger partial charge in [0.2, 0.25) is 0 Å². The fourth-order valence-corrected chi connectivity index (χ4v) is 1.73. The molecule has 5 heteroatoms. The van der Waals surface area contributed by atoms with E-state index in [4.69, 9.17) is 5.84 Å². The molecule has 3 N–H and O–H groups in total. The van der Waals surface area contributed by atoms with Crippen molar-refractivity contribution in [1.82, 2.24) is 9.88 Å². The van der Waals surface area contributed by atoms with E-state index in [0.717, 1.165) is 6.54 Å². The van der Waals surface area contributed by atoms with E-state index in [-0.39, 0.29) is 11.9 Å². The van der Waals surface area contributed by atoms with Crippen molar-refractivity contribution in [3.8, 4) is 0 Å². The molecule has 100 valence electrons. The Labute approximate surface area is 108 Å². The van der Waals surface area contributed by atoms with E-state index in [0.29, 0.717) is 17.3 Å². The average Bonchev–Trinajstić information content (AvgIpc) is 2.34. The van der Waals surface area contributed by atoms with Crippen molar-refractivity contribution in [2.45, 2.75) is 33.7 Å². The maximum absolute atomic E-state index is 12.4. The number of hydrazine groups is 1. The largest absolute Gasteiger partial charge is 0.336 e. The van der Waals surface area contributed by atoms with Crippen molar-refractivity contribution in [3.05, 3.63) is 23.9 Å². The molecule has 1 aromatic rings. The molecule has 1 heterocycles. The SMILES string of the molecule is CC(C)CN(C(=O)c1ccnc(NN)c1)C(C)C. The van der Waals surface area contributed by atoms with Crippen molar-refractivity contribution in [2.75, 3.05) is 12.0 Å². The number of nitrogen functional groups attached to an aromatic ring is 1. The van der Waals surface area contributed by atoms with Gasteiger partial charge in [0.1, 0.15) is 5.82 Å². The van der Waals surface area contributed by atoms with E-state index < -0.39 is 0 Å². The number of carbonyl (C=O) groups is 1. The number of anilines is 1. The van der Waals surface area contributed by atoms with Crippen LogP contribution in [0, 0.1) is 5.92 Å². The van der Waals surface area contributed by atoms with Crippen LogP contribution in [0.5, 0.6) is 0 Å². The number of hydrogen-bond donors (Lipinski definition) is 2. The zero-order valence-corrected chi connectivity index (χ0v) is 11.5. The van der Waals surface area contributed by atoms with Gasteiger partial charge in [-0.2, -0.15) is 0 Å². The fraction of sp³-hybridized carbons (Fsp3) is 0.538. The van der Waals surface area contributed by atoms with E-state index >= 15 is 0 Å². The summed E-state index contributed by atoms with van der Waals surface area (Å²) in [4.78, 5) is 18.3. The molecule has 1 aromatic heterocycles. The predicted molar refractivity (Wildman–Crippen MR) is 73.1 cm³/mol. The van der Waals surface area contributed by atoms with Crippen molar-refractivity contribution >= 4 is 11.7 Å². The van der Waals surface area contributed by atoms with Crippen molar-refractivity contribution < 1.29 is 4.79 Å². The maximum atomic E-state index is 12.4. The molecule has 0 aliphatic rings. The number of pyridine rings is 1. The summed E-state index contributed by atoms with van der Waals surface area (Å²) >= 11 is 0. The Morgan fingerprint density at radius 3 is 2.61 bits per heavy atom. The van der Waals surface area contributed by atoms with Gasteiger partial charge in [0, 0.05) is 24.3 Å². The summed E-state index contributed by atoms with van der Waals surface area (Å²) < 4.78 is 0. The first-order valence-corrected chi connectivity index (χ1v) is 6.19. The van der Waals surface area contributed by atoms with Gasteiger partial charge in [0.15, 0.2) is 0 Å². The lowest BCUT2D eigenvalue weighted by Crippen LogP contribution is -2.39. The van der Waals surface area contributed by atoms with E-state index in [1.807, 2.05) is 18.7 Å².